The van der Waals surface area contributed by atoms with Gasteiger partial charge in [-0.3, -0.25) is 24.7 Å². The number of Topliss-reactive ketones (excluding diaryl/α,β-unsaturated/α-hetero) is 2. The van der Waals surface area contributed by atoms with Crippen LogP contribution >= 0.6 is 0 Å². The lowest BCUT2D eigenvalue weighted by molar-refractivity contribution is -0.132. The first kappa shape index (κ1) is 26.5. The third-order valence-corrected chi connectivity index (χ3v) is 6.09. The highest BCUT2D eigenvalue weighted by molar-refractivity contribution is 6.03. The fourth-order valence-electron chi connectivity index (χ4n) is 4.24. The van der Waals surface area contributed by atoms with E-state index in [9.17, 15) is 18.8 Å². The number of likely N-dealkylation sites (tertiary alicyclic amines) is 1. The summed E-state index contributed by atoms with van der Waals surface area (Å²) in [6, 6.07) is 11.1. The van der Waals surface area contributed by atoms with Gasteiger partial charge in [0, 0.05) is 36.3 Å². The third-order valence-electron chi connectivity index (χ3n) is 6.09. The monoisotopic (exact) mass is 491 g/mol. The van der Waals surface area contributed by atoms with Crippen molar-refractivity contribution in [2.45, 2.75) is 39.5 Å². The van der Waals surface area contributed by atoms with Gasteiger partial charge in [0.25, 0.3) is 0 Å². The second kappa shape index (κ2) is 12.6. The number of rotatable bonds is 8. The van der Waals surface area contributed by atoms with Crippen molar-refractivity contribution in [3.63, 3.8) is 0 Å². The summed E-state index contributed by atoms with van der Waals surface area (Å²) in [6.07, 6.45) is 4.70. The van der Waals surface area contributed by atoms with Crippen molar-refractivity contribution in [3.8, 4) is 6.19 Å². The Morgan fingerprint density at radius 2 is 1.78 bits per heavy atom. The number of nitriles is 1. The van der Waals surface area contributed by atoms with Crippen LogP contribution < -0.4 is 10.6 Å². The van der Waals surface area contributed by atoms with Crippen LogP contribution in [0.2, 0.25) is 0 Å². The van der Waals surface area contributed by atoms with Crippen LogP contribution in [0.3, 0.4) is 0 Å². The van der Waals surface area contributed by atoms with E-state index in [0.29, 0.717) is 35.8 Å². The van der Waals surface area contributed by atoms with E-state index in [4.69, 9.17) is 5.26 Å². The summed E-state index contributed by atoms with van der Waals surface area (Å²) >= 11 is 0. The van der Waals surface area contributed by atoms with Gasteiger partial charge in [-0.25, -0.2) is 4.39 Å². The van der Waals surface area contributed by atoms with Gasteiger partial charge in [-0.05, 0) is 74.9 Å². The molecule has 0 radical (unpaired) electrons. The van der Waals surface area contributed by atoms with Gasteiger partial charge >= 0.3 is 0 Å². The van der Waals surface area contributed by atoms with Crippen molar-refractivity contribution in [3.05, 3.63) is 65.0 Å². The van der Waals surface area contributed by atoms with Gasteiger partial charge in [-0.1, -0.05) is 12.1 Å². The predicted octanol–water partition coefficient (Wildman–Crippen LogP) is 3.94. The molecule has 3 rings (SSSR count). The summed E-state index contributed by atoms with van der Waals surface area (Å²) in [5, 5.41) is 14.5. The van der Waals surface area contributed by atoms with Gasteiger partial charge in [0.1, 0.15) is 5.82 Å². The Morgan fingerprint density at radius 1 is 1.11 bits per heavy atom. The van der Waals surface area contributed by atoms with E-state index in [-0.39, 0.29) is 42.2 Å². The number of nitrogens with zero attached hydrogens (tertiary/aromatic N) is 3. The Hall–Kier alpha value is -4.06. The quantitative estimate of drug-likeness (QED) is 0.190. The van der Waals surface area contributed by atoms with Crippen LogP contribution in [0.15, 0.2) is 47.5 Å². The molecule has 1 aliphatic rings. The Labute approximate surface area is 210 Å². The molecule has 1 amide bonds. The number of carbonyl (C=O) groups is 3. The van der Waals surface area contributed by atoms with E-state index in [2.05, 4.69) is 15.6 Å². The van der Waals surface area contributed by atoms with E-state index in [0.717, 1.165) is 24.8 Å². The standard InChI is InChI=1S/C27H30FN5O3/c1-18(34)22-13-23(19(2)35)15-25(14-22)32-27(31-17-29)30-10-9-26(36)33-11-3-4-21(16-33)12-20-5-7-24(28)8-6-20/h5-8,13-15,21H,3-4,9-12,16H2,1-2H3,(H2,30,31,32)/t21-/m0/s1. The van der Waals surface area contributed by atoms with E-state index in [1.807, 2.05) is 4.90 Å². The van der Waals surface area contributed by atoms with Crippen LogP contribution in [0.4, 0.5) is 10.1 Å². The molecule has 0 bridgehead atoms. The number of amides is 1. The van der Waals surface area contributed by atoms with E-state index in [1.165, 1.54) is 32.0 Å². The summed E-state index contributed by atoms with van der Waals surface area (Å²) in [5.74, 6) is -0.233. The summed E-state index contributed by atoms with van der Waals surface area (Å²) in [4.78, 5) is 42.6. The zero-order valence-corrected chi connectivity index (χ0v) is 20.5. The first-order valence-corrected chi connectivity index (χ1v) is 11.9. The Kier molecular flexibility index (Phi) is 9.28. The van der Waals surface area contributed by atoms with Crippen molar-refractivity contribution in [1.29, 1.82) is 5.26 Å². The second-order valence-corrected chi connectivity index (χ2v) is 8.93. The zero-order chi connectivity index (χ0) is 26.1. The minimum absolute atomic E-state index is 0.0173. The fourth-order valence-corrected chi connectivity index (χ4v) is 4.24. The van der Waals surface area contributed by atoms with Crippen molar-refractivity contribution in [2.24, 2.45) is 10.9 Å². The van der Waals surface area contributed by atoms with E-state index >= 15 is 0 Å². The van der Waals surface area contributed by atoms with Crippen LogP contribution in [0, 0.1) is 23.2 Å². The molecule has 1 aliphatic heterocycles. The average Bonchev–Trinajstić information content (AvgIpc) is 2.85. The minimum atomic E-state index is -0.259. The number of hydrogen-bond acceptors (Lipinski definition) is 5. The van der Waals surface area contributed by atoms with E-state index in [1.54, 1.807) is 30.5 Å². The van der Waals surface area contributed by atoms with Crippen molar-refractivity contribution >= 4 is 29.1 Å². The molecule has 1 atom stereocenters. The summed E-state index contributed by atoms with van der Waals surface area (Å²) in [5.41, 5.74) is 2.20. The van der Waals surface area contributed by atoms with Gasteiger partial charge < -0.3 is 10.2 Å². The maximum absolute atomic E-state index is 13.2. The molecule has 0 unspecified atom stereocenters. The molecule has 8 nitrogen and oxygen atoms in total. The molecule has 0 aromatic heterocycles. The minimum Gasteiger partial charge on any atom is -0.342 e. The molecular formula is C27H30FN5O3. The molecule has 1 fully saturated rings. The highest BCUT2D eigenvalue weighted by Crippen LogP contribution is 2.22. The molecule has 0 spiro atoms. The Bertz CT molecular complexity index is 1150. The van der Waals surface area contributed by atoms with Crippen LogP contribution in [0.1, 0.15) is 59.4 Å². The maximum Gasteiger partial charge on any atom is 0.224 e. The number of aliphatic imine (C=N–C) groups is 1. The molecule has 188 valence electrons. The van der Waals surface area contributed by atoms with Crippen molar-refractivity contribution in [1.82, 2.24) is 10.2 Å². The topological polar surface area (TPSA) is 115 Å². The number of anilines is 1. The SMILES string of the molecule is CC(=O)c1cc(NC(=NCCC(=O)N2CCC[C@@H](Cc3ccc(F)cc3)C2)NC#N)cc(C(C)=O)c1. The maximum atomic E-state index is 13.2. The lowest BCUT2D eigenvalue weighted by Crippen LogP contribution is -2.40. The Morgan fingerprint density at radius 3 is 2.39 bits per heavy atom. The van der Waals surface area contributed by atoms with Crippen LogP contribution in [-0.4, -0.2) is 48.0 Å². The zero-order valence-electron chi connectivity index (χ0n) is 20.5. The molecule has 2 aromatic rings. The molecule has 0 aliphatic carbocycles. The lowest BCUT2D eigenvalue weighted by atomic mass is 9.91. The number of nitrogens with one attached hydrogen (secondary N) is 2. The molecule has 2 N–H and O–H groups in total. The fraction of sp³-hybridized carbons (Fsp3) is 0.370. The smallest absolute Gasteiger partial charge is 0.224 e. The molecule has 9 heteroatoms. The van der Waals surface area contributed by atoms with Gasteiger partial charge in [0.2, 0.25) is 11.9 Å². The number of piperidine rings is 1. The number of hydrogen-bond donors (Lipinski definition) is 2. The third kappa shape index (κ3) is 7.73. The first-order valence-electron chi connectivity index (χ1n) is 11.9. The van der Waals surface area contributed by atoms with Gasteiger partial charge in [-0.15, -0.1) is 0 Å². The Balaban J connectivity index is 1.59. The number of guanidine groups is 1. The summed E-state index contributed by atoms with van der Waals surface area (Å²) in [7, 11) is 0. The normalized spacial score (nSPS) is 15.7. The largest absolute Gasteiger partial charge is 0.342 e. The number of halogens is 1. The first-order chi connectivity index (χ1) is 17.2. The van der Waals surface area contributed by atoms with E-state index < -0.39 is 0 Å². The van der Waals surface area contributed by atoms with Gasteiger partial charge in [0.15, 0.2) is 17.8 Å². The van der Waals surface area contributed by atoms with Gasteiger partial charge in [-0.2, -0.15) is 5.26 Å². The lowest BCUT2D eigenvalue weighted by Gasteiger charge is -2.33. The number of benzene rings is 2. The molecule has 1 saturated heterocycles. The number of ketones is 2. The summed E-state index contributed by atoms with van der Waals surface area (Å²) < 4.78 is 13.2. The molecule has 0 saturated carbocycles. The molecular weight excluding hydrogens is 461 g/mol. The molecule has 1 heterocycles. The van der Waals surface area contributed by atoms with Crippen LogP contribution in [-0.2, 0) is 11.2 Å². The van der Waals surface area contributed by atoms with Crippen LogP contribution in [0.5, 0.6) is 0 Å². The van der Waals surface area contributed by atoms with Crippen molar-refractivity contribution in [2.75, 3.05) is 25.0 Å². The highest BCUT2D eigenvalue weighted by Gasteiger charge is 2.23. The molecule has 2 aromatic carbocycles. The van der Waals surface area contributed by atoms with Crippen LogP contribution in [0.25, 0.3) is 0 Å². The molecule has 36 heavy (non-hydrogen) atoms. The average molecular weight is 492 g/mol. The van der Waals surface area contributed by atoms with Gasteiger partial charge in [0.05, 0.1) is 6.54 Å². The summed E-state index contributed by atoms with van der Waals surface area (Å²) in [6.45, 7) is 4.30. The van der Waals surface area contributed by atoms with Crippen molar-refractivity contribution < 1.29 is 18.8 Å². The second-order valence-electron chi connectivity index (χ2n) is 8.93. The highest BCUT2D eigenvalue weighted by atomic mass is 19.1. The number of carbonyl (C=O) groups excluding carboxylic acids is 3. The predicted molar refractivity (Wildman–Crippen MR) is 135 cm³/mol.